The smallest absolute Gasteiger partial charge is 0.158 e. The minimum atomic E-state index is 0.445. The van der Waals surface area contributed by atoms with Crippen molar-refractivity contribution in [3.05, 3.63) is 11.9 Å². The predicted octanol–water partition coefficient (Wildman–Crippen LogP) is 1.34. The molecule has 1 aromatic heterocycles. The number of nitrogens with one attached hydrogen (secondary N) is 1. The summed E-state index contributed by atoms with van der Waals surface area (Å²) in [6, 6.07) is 3.20. The van der Waals surface area contributed by atoms with Crippen molar-refractivity contribution in [3.63, 3.8) is 0 Å². The van der Waals surface area contributed by atoms with Gasteiger partial charge in [0.25, 0.3) is 0 Å². The summed E-state index contributed by atoms with van der Waals surface area (Å²) >= 11 is 0. The number of piperazine rings is 1. The zero-order valence-corrected chi connectivity index (χ0v) is 13.2. The van der Waals surface area contributed by atoms with E-state index in [1.54, 1.807) is 7.11 Å². The number of anilines is 2. The highest BCUT2D eigenvalue weighted by molar-refractivity contribution is 5.50. The third kappa shape index (κ3) is 2.96. The minimum Gasteiger partial charge on any atom is -0.377 e. The van der Waals surface area contributed by atoms with Gasteiger partial charge in [-0.1, -0.05) is 0 Å². The Hall–Kier alpha value is -1.40. The normalized spacial score (nSPS) is 26.0. The third-order valence-electron chi connectivity index (χ3n) is 4.52. The van der Waals surface area contributed by atoms with Gasteiger partial charge in [0.1, 0.15) is 18.2 Å². The first-order chi connectivity index (χ1) is 10.2. The standard InChI is InChI=1S/C15H25N5O/c1-11-8-19-6-4-5-12(19)9-20(11)15-7-13(16-2)17-14(18-15)10-21-3/h7,11-12H,4-6,8-10H2,1-3H3,(H,16,17,18). The number of rotatable bonds is 4. The average molecular weight is 291 g/mol. The number of methoxy groups -OCH3 is 1. The van der Waals surface area contributed by atoms with Crippen LogP contribution in [-0.2, 0) is 11.3 Å². The molecule has 2 saturated heterocycles. The van der Waals surface area contributed by atoms with E-state index in [0.29, 0.717) is 18.7 Å². The van der Waals surface area contributed by atoms with Crippen molar-refractivity contribution in [3.8, 4) is 0 Å². The maximum Gasteiger partial charge on any atom is 0.158 e. The molecule has 2 aliphatic rings. The Labute approximate surface area is 126 Å². The van der Waals surface area contributed by atoms with Crippen molar-refractivity contribution in [2.24, 2.45) is 0 Å². The van der Waals surface area contributed by atoms with Gasteiger partial charge in [0.05, 0.1) is 0 Å². The molecule has 2 fully saturated rings. The van der Waals surface area contributed by atoms with E-state index in [9.17, 15) is 0 Å². The van der Waals surface area contributed by atoms with Gasteiger partial charge in [-0.2, -0.15) is 0 Å². The zero-order valence-electron chi connectivity index (χ0n) is 13.2. The largest absolute Gasteiger partial charge is 0.377 e. The molecule has 2 atom stereocenters. The molecule has 116 valence electrons. The van der Waals surface area contributed by atoms with Crippen LogP contribution >= 0.6 is 0 Å². The molecule has 0 spiro atoms. The van der Waals surface area contributed by atoms with Crippen molar-refractivity contribution in [1.82, 2.24) is 14.9 Å². The van der Waals surface area contributed by atoms with E-state index >= 15 is 0 Å². The molecular formula is C15H25N5O. The number of nitrogens with zero attached hydrogens (tertiary/aromatic N) is 4. The summed E-state index contributed by atoms with van der Waals surface area (Å²) in [6.07, 6.45) is 2.63. The van der Waals surface area contributed by atoms with Gasteiger partial charge < -0.3 is 15.0 Å². The van der Waals surface area contributed by atoms with E-state index in [0.717, 1.165) is 30.5 Å². The van der Waals surface area contributed by atoms with Crippen LogP contribution in [0.2, 0.25) is 0 Å². The molecule has 3 rings (SSSR count). The van der Waals surface area contributed by atoms with E-state index in [1.807, 2.05) is 13.1 Å². The van der Waals surface area contributed by atoms with Crippen LogP contribution in [0.4, 0.5) is 11.6 Å². The van der Waals surface area contributed by atoms with E-state index in [-0.39, 0.29) is 0 Å². The van der Waals surface area contributed by atoms with Crippen LogP contribution in [0.15, 0.2) is 6.07 Å². The SMILES string of the molecule is CNc1cc(N2CC3CCCN3CC2C)nc(COC)n1. The number of hydrogen-bond donors (Lipinski definition) is 1. The van der Waals surface area contributed by atoms with Gasteiger partial charge in [-0.15, -0.1) is 0 Å². The first-order valence-electron chi connectivity index (χ1n) is 7.76. The lowest BCUT2D eigenvalue weighted by molar-refractivity contribution is 0.177. The Morgan fingerprint density at radius 2 is 2.24 bits per heavy atom. The average Bonchev–Trinajstić information content (AvgIpc) is 2.93. The maximum atomic E-state index is 5.19. The Morgan fingerprint density at radius 3 is 3.00 bits per heavy atom. The van der Waals surface area contributed by atoms with Gasteiger partial charge in [0, 0.05) is 45.4 Å². The summed E-state index contributed by atoms with van der Waals surface area (Å²) in [4.78, 5) is 14.2. The molecule has 1 aromatic rings. The van der Waals surface area contributed by atoms with Gasteiger partial charge >= 0.3 is 0 Å². The Bertz CT molecular complexity index is 495. The lowest BCUT2D eigenvalue weighted by Gasteiger charge is -2.43. The van der Waals surface area contributed by atoms with E-state index in [1.165, 1.54) is 19.4 Å². The highest BCUT2D eigenvalue weighted by atomic mass is 16.5. The molecule has 0 aliphatic carbocycles. The van der Waals surface area contributed by atoms with E-state index in [2.05, 4.69) is 27.0 Å². The molecular weight excluding hydrogens is 266 g/mol. The highest BCUT2D eigenvalue weighted by Gasteiger charge is 2.35. The molecule has 0 aromatic carbocycles. The summed E-state index contributed by atoms with van der Waals surface area (Å²) in [7, 11) is 3.57. The van der Waals surface area contributed by atoms with Crippen molar-refractivity contribution in [1.29, 1.82) is 0 Å². The van der Waals surface area contributed by atoms with Crippen LogP contribution in [0.5, 0.6) is 0 Å². The molecule has 6 nitrogen and oxygen atoms in total. The molecule has 2 aliphatic heterocycles. The van der Waals surface area contributed by atoms with Crippen molar-refractivity contribution in [2.75, 3.05) is 44.0 Å². The Balaban J connectivity index is 1.85. The van der Waals surface area contributed by atoms with Gasteiger partial charge in [-0.3, -0.25) is 4.90 Å². The molecule has 0 radical (unpaired) electrons. The minimum absolute atomic E-state index is 0.445. The maximum absolute atomic E-state index is 5.19. The van der Waals surface area contributed by atoms with Crippen LogP contribution in [0.25, 0.3) is 0 Å². The van der Waals surface area contributed by atoms with Crippen molar-refractivity contribution in [2.45, 2.75) is 38.5 Å². The zero-order chi connectivity index (χ0) is 14.8. The molecule has 21 heavy (non-hydrogen) atoms. The number of aromatic nitrogens is 2. The quantitative estimate of drug-likeness (QED) is 0.903. The fraction of sp³-hybridized carbons (Fsp3) is 0.733. The van der Waals surface area contributed by atoms with E-state index < -0.39 is 0 Å². The second kappa shape index (κ2) is 6.15. The lowest BCUT2D eigenvalue weighted by Crippen LogP contribution is -2.55. The van der Waals surface area contributed by atoms with Crippen LogP contribution in [0.3, 0.4) is 0 Å². The fourth-order valence-electron chi connectivity index (χ4n) is 3.46. The first kappa shape index (κ1) is 14.5. The second-order valence-corrected chi connectivity index (χ2v) is 6.00. The van der Waals surface area contributed by atoms with Gasteiger partial charge in [-0.25, -0.2) is 9.97 Å². The molecule has 3 heterocycles. The van der Waals surface area contributed by atoms with Crippen molar-refractivity contribution >= 4 is 11.6 Å². The van der Waals surface area contributed by atoms with Crippen LogP contribution in [0.1, 0.15) is 25.6 Å². The fourth-order valence-corrected chi connectivity index (χ4v) is 3.46. The van der Waals surface area contributed by atoms with Crippen LogP contribution in [0, 0.1) is 0 Å². The third-order valence-corrected chi connectivity index (χ3v) is 4.52. The second-order valence-electron chi connectivity index (χ2n) is 6.00. The molecule has 6 heteroatoms. The Morgan fingerprint density at radius 1 is 1.38 bits per heavy atom. The first-order valence-corrected chi connectivity index (χ1v) is 7.76. The monoisotopic (exact) mass is 291 g/mol. The molecule has 1 N–H and O–H groups in total. The van der Waals surface area contributed by atoms with E-state index in [4.69, 9.17) is 9.72 Å². The molecule has 2 unspecified atom stereocenters. The van der Waals surface area contributed by atoms with Crippen molar-refractivity contribution < 1.29 is 4.74 Å². The van der Waals surface area contributed by atoms with Crippen LogP contribution < -0.4 is 10.2 Å². The highest BCUT2D eigenvalue weighted by Crippen LogP contribution is 2.28. The molecule has 0 saturated carbocycles. The summed E-state index contributed by atoms with van der Waals surface area (Å²) in [6.45, 7) is 6.17. The van der Waals surface area contributed by atoms with Gasteiger partial charge in [0.15, 0.2) is 5.82 Å². The summed E-state index contributed by atoms with van der Waals surface area (Å²) in [5.74, 6) is 2.61. The van der Waals surface area contributed by atoms with Gasteiger partial charge in [0.2, 0.25) is 0 Å². The Kier molecular flexibility index (Phi) is 4.26. The summed E-state index contributed by atoms with van der Waals surface area (Å²) < 4.78 is 5.19. The lowest BCUT2D eigenvalue weighted by atomic mass is 10.1. The topological polar surface area (TPSA) is 53.5 Å². The summed E-state index contributed by atoms with van der Waals surface area (Å²) in [5.41, 5.74) is 0. The number of fused-ring (bicyclic) bond motifs is 1. The van der Waals surface area contributed by atoms with Gasteiger partial charge in [-0.05, 0) is 26.3 Å². The van der Waals surface area contributed by atoms with Crippen LogP contribution in [-0.4, -0.2) is 60.7 Å². The summed E-state index contributed by atoms with van der Waals surface area (Å²) in [5, 5.41) is 3.12. The number of ether oxygens (including phenoxy) is 1. The number of hydrogen-bond acceptors (Lipinski definition) is 6. The predicted molar refractivity (Wildman–Crippen MR) is 83.7 cm³/mol. The molecule has 0 amide bonds. The molecule has 0 bridgehead atoms.